The summed E-state index contributed by atoms with van der Waals surface area (Å²) < 4.78 is 36.5. The largest absolute Gasteiger partial charge is 0.349 e. The van der Waals surface area contributed by atoms with Crippen LogP contribution in [0.1, 0.15) is 32.4 Å². The second-order valence-corrected chi connectivity index (χ2v) is 7.32. The SMILES string of the molecule is CC(NC(=O)C(C)C(C)N)c1ccc(S(C)(=O)=O)c(F)c1.Cl. The van der Waals surface area contributed by atoms with Crippen LogP contribution in [0, 0.1) is 11.7 Å². The lowest BCUT2D eigenvalue weighted by molar-refractivity contribution is -0.125. The Morgan fingerprint density at radius 1 is 1.27 bits per heavy atom. The molecule has 5 nitrogen and oxygen atoms in total. The predicted molar refractivity (Wildman–Crippen MR) is 86.1 cm³/mol. The second-order valence-electron chi connectivity index (χ2n) is 5.34. The highest BCUT2D eigenvalue weighted by atomic mass is 35.5. The Kier molecular flexibility index (Phi) is 7.47. The molecule has 0 spiro atoms. The Bertz CT molecular complexity index is 635. The van der Waals surface area contributed by atoms with E-state index in [-0.39, 0.29) is 35.2 Å². The highest BCUT2D eigenvalue weighted by molar-refractivity contribution is 7.90. The van der Waals surface area contributed by atoms with Crippen molar-refractivity contribution >= 4 is 28.2 Å². The van der Waals surface area contributed by atoms with Gasteiger partial charge in [-0.2, -0.15) is 0 Å². The van der Waals surface area contributed by atoms with Crippen molar-refractivity contribution < 1.29 is 17.6 Å². The predicted octanol–water partition coefficient (Wildman–Crippen LogP) is 1.81. The summed E-state index contributed by atoms with van der Waals surface area (Å²) in [5.74, 6) is -1.42. The fraction of sp³-hybridized carbons (Fsp3) is 0.500. The zero-order chi connectivity index (χ0) is 16.4. The van der Waals surface area contributed by atoms with Crippen LogP contribution in [-0.4, -0.2) is 26.6 Å². The third-order valence-electron chi connectivity index (χ3n) is 3.42. The van der Waals surface area contributed by atoms with Crippen molar-refractivity contribution in [2.45, 2.75) is 37.8 Å². The number of amides is 1. The highest BCUT2D eigenvalue weighted by Gasteiger charge is 2.20. The molecule has 1 aromatic carbocycles. The maximum absolute atomic E-state index is 13.8. The third kappa shape index (κ3) is 5.23. The lowest BCUT2D eigenvalue weighted by Gasteiger charge is -2.20. The minimum absolute atomic E-state index is 0. The number of benzene rings is 1. The van der Waals surface area contributed by atoms with Crippen LogP contribution in [0.3, 0.4) is 0 Å². The van der Waals surface area contributed by atoms with Crippen LogP contribution in [0.25, 0.3) is 0 Å². The van der Waals surface area contributed by atoms with Gasteiger partial charge in [0, 0.05) is 18.2 Å². The fourth-order valence-corrected chi connectivity index (χ4v) is 2.48. The van der Waals surface area contributed by atoms with E-state index in [9.17, 15) is 17.6 Å². The fourth-order valence-electron chi connectivity index (χ4n) is 1.75. The zero-order valence-electron chi connectivity index (χ0n) is 13.0. The van der Waals surface area contributed by atoms with Crippen LogP contribution in [0.2, 0.25) is 0 Å². The number of nitrogens with two attached hydrogens (primary N) is 1. The summed E-state index contributed by atoms with van der Waals surface area (Å²) in [5, 5.41) is 2.73. The number of carbonyl (C=O) groups is 1. The molecule has 1 rings (SSSR count). The molecule has 0 aliphatic heterocycles. The van der Waals surface area contributed by atoms with Crippen molar-refractivity contribution in [3.8, 4) is 0 Å². The Hall–Kier alpha value is -1.18. The number of hydrogen-bond donors (Lipinski definition) is 2. The quantitative estimate of drug-likeness (QED) is 0.845. The molecule has 0 heterocycles. The monoisotopic (exact) mass is 352 g/mol. The van der Waals surface area contributed by atoms with Crippen LogP contribution in [0.5, 0.6) is 0 Å². The van der Waals surface area contributed by atoms with E-state index in [0.29, 0.717) is 5.56 Å². The maximum atomic E-state index is 13.8. The van der Waals surface area contributed by atoms with Crippen molar-refractivity contribution in [3.05, 3.63) is 29.6 Å². The Morgan fingerprint density at radius 3 is 2.23 bits per heavy atom. The van der Waals surface area contributed by atoms with Gasteiger partial charge in [0.05, 0.1) is 6.04 Å². The minimum Gasteiger partial charge on any atom is -0.349 e. The Balaban J connectivity index is 0.00000441. The van der Waals surface area contributed by atoms with E-state index >= 15 is 0 Å². The molecule has 0 fully saturated rings. The molecule has 22 heavy (non-hydrogen) atoms. The van der Waals surface area contributed by atoms with Gasteiger partial charge in [0.1, 0.15) is 10.7 Å². The van der Waals surface area contributed by atoms with E-state index in [1.165, 1.54) is 12.1 Å². The van der Waals surface area contributed by atoms with Gasteiger partial charge in [-0.05, 0) is 31.5 Å². The molecule has 1 amide bonds. The van der Waals surface area contributed by atoms with Crippen LogP contribution in [0.15, 0.2) is 23.1 Å². The molecule has 0 aliphatic rings. The number of halogens is 2. The average Bonchev–Trinajstić information content (AvgIpc) is 2.35. The van der Waals surface area contributed by atoms with Gasteiger partial charge < -0.3 is 11.1 Å². The molecule has 3 unspecified atom stereocenters. The molecule has 1 aromatic rings. The molecule has 0 aliphatic carbocycles. The molecule has 126 valence electrons. The normalized spacial score (nSPS) is 15.4. The van der Waals surface area contributed by atoms with E-state index in [2.05, 4.69) is 5.32 Å². The zero-order valence-corrected chi connectivity index (χ0v) is 14.6. The molecule has 3 N–H and O–H groups in total. The molecular weight excluding hydrogens is 331 g/mol. The summed E-state index contributed by atoms with van der Waals surface area (Å²) in [6.07, 6.45) is 0.945. The molecule has 3 atom stereocenters. The number of hydrogen-bond acceptors (Lipinski definition) is 4. The van der Waals surface area contributed by atoms with Gasteiger partial charge >= 0.3 is 0 Å². The summed E-state index contributed by atoms with van der Waals surface area (Å²) in [6, 6.07) is 3.08. The van der Waals surface area contributed by atoms with Crippen LogP contribution in [0.4, 0.5) is 4.39 Å². The Morgan fingerprint density at radius 2 is 1.82 bits per heavy atom. The average molecular weight is 353 g/mol. The molecule has 8 heteroatoms. The number of nitrogens with one attached hydrogen (secondary N) is 1. The Labute approximate surface area is 136 Å². The molecule has 0 saturated heterocycles. The van der Waals surface area contributed by atoms with Gasteiger partial charge in [-0.15, -0.1) is 12.4 Å². The van der Waals surface area contributed by atoms with E-state index in [1.54, 1.807) is 20.8 Å². The summed E-state index contributed by atoms with van der Waals surface area (Å²) in [6.45, 7) is 5.14. The van der Waals surface area contributed by atoms with Crippen molar-refractivity contribution in [2.75, 3.05) is 6.26 Å². The molecule has 0 bridgehead atoms. The first kappa shape index (κ1) is 20.8. The molecular formula is C14H22ClFN2O3S. The van der Waals surface area contributed by atoms with E-state index in [1.807, 2.05) is 0 Å². The molecule has 0 saturated carbocycles. The second kappa shape index (κ2) is 7.89. The third-order valence-corrected chi connectivity index (χ3v) is 4.55. The van der Waals surface area contributed by atoms with Crippen LogP contribution < -0.4 is 11.1 Å². The van der Waals surface area contributed by atoms with Gasteiger partial charge in [0.15, 0.2) is 9.84 Å². The molecule has 0 aromatic heterocycles. The lowest BCUT2D eigenvalue weighted by Crippen LogP contribution is -2.39. The maximum Gasteiger partial charge on any atom is 0.224 e. The summed E-state index contributed by atoms with van der Waals surface area (Å²) in [5.41, 5.74) is 6.15. The van der Waals surface area contributed by atoms with E-state index in [4.69, 9.17) is 5.73 Å². The summed E-state index contributed by atoms with van der Waals surface area (Å²) >= 11 is 0. The van der Waals surface area contributed by atoms with Gasteiger partial charge in [-0.25, -0.2) is 12.8 Å². The van der Waals surface area contributed by atoms with Gasteiger partial charge in [-0.1, -0.05) is 13.0 Å². The highest BCUT2D eigenvalue weighted by Crippen LogP contribution is 2.20. The minimum atomic E-state index is -3.60. The van der Waals surface area contributed by atoms with Gasteiger partial charge in [0.25, 0.3) is 0 Å². The standard InChI is InChI=1S/C14H21FN2O3S.ClH/c1-8(9(2)16)14(18)17-10(3)11-5-6-13(12(15)7-11)21(4,19)20;/h5-10H,16H2,1-4H3,(H,17,18);1H. The van der Waals surface area contributed by atoms with Crippen LogP contribution >= 0.6 is 12.4 Å². The lowest BCUT2D eigenvalue weighted by atomic mass is 10.0. The smallest absolute Gasteiger partial charge is 0.224 e. The number of carbonyl (C=O) groups excluding carboxylic acids is 1. The van der Waals surface area contributed by atoms with Gasteiger partial charge in [0.2, 0.25) is 5.91 Å². The van der Waals surface area contributed by atoms with Crippen molar-refractivity contribution in [1.29, 1.82) is 0 Å². The van der Waals surface area contributed by atoms with E-state index < -0.39 is 21.7 Å². The first-order valence-electron chi connectivity index (χ1n) is 6.59. The first-order chi connectivity index (χ1) is 9.54. The molecule has 0 radical (unpaired) electrons. The van der Waals surface area contributed by atoms with Crippen molar-refractivity contribution in [2.24, 2.45) is 11.7 Å². The first-order valence-corrected chi connectivity index (χ1v) is 8.48. The van der Waals surface area contributed by atoms with Gasteiger partial charge in [-0.3, -0.25) is 4.79 Å². The topological polar surface area (TPSA) is 89.3 Å². The van der Waals surface area contributed by atoms with E-state index in [0.717, 1.165) is 12.3 Å². The van der Waals surface area contributed by atoms with Crippen molar-refractivity contribution in [3.63, 3.8) is 0 Å². The van der Waals surface area contributed by atoms with Crippen molar-refractivity contribution in [1.82, 2.24) is 5.32 Å². The number of sulfone groups is 1. The summed E-state index contributed by atoms with van der Waals surface area (Å²) in [4.78, 5) is 11.5. The summed E-state index contributed by atoms with van der Waals surface area (Å²) in [7, 11) is -3.60. The van der Waals surface area contributed by atoms with Crippen LogP contribution in [-0.2, 0) is 14.6 Å². The number of rotatable bonds is 5.